The molecule has 1 heterocycles. The second kappa shape index (κ2) is 9.24. The Hall–Kier alpha value is -2.40. The number of halogens is 2. The Morgan fingerprint density at radius 1 is 1.11 bits per heavy atom. The van der Waals surface area contributed by atoms with Crippen molar-refractivity contribution in [3.8, 4) is 0 Å². The van der Waals surface area contributed by atoms with Gasteiger partial charge in [-0.3, -0.25) is 4.79 Å². The standard InChI is InChI=1S/C25H29F2NO6S/c1-15-21(35(31,32)22(12-28-15)16-7-5-4-6-8-16)10-17-9-20(27)18(11-19(17)26)24(23(29)30)13-25(14-24,33-2)34-3/h4-9,11,15,21-22,28H,10,12-14H2,1-3H3,(H,29,30)/t15-,21?,22-/m0/s1. The van der Waals surface area contributed by atoms with Gasteiger partial charge in [-0.25, -0.2) is 17.2 Å². The van der Waals surface area contributed by atoms with E-state index in [0.29, 0.717) is 5.56 Å². The van der Waals surface area contributed by atoms with Gasteiger partial charge in [0.05, 0.1) is 10.5 Å². The monoisotopic (exact) mass is 509 g/mol. The van der Waals surface area contributed by atoms with Gasteiger partial charge in [-0.15, -0.1) is 0 Å². The second-order valence-corrected chi connectivity index (χ2v) is 11.8. The predicted molar refractivity (Wildman–Crippen MR) is 125 cm³/mol. The van der Waals surface area contributed by atoms with Gasteiger partial charge >= 0.3 is 5.97 Å². The molecule has 190 valence electrons. The van der Waals surface area contributed by atoms with Crippen LogP contribution in [-0.2, 0) is 35.9 Å². The summed E-state index contributed by atoms with van der Waals surface area (Å²) in [7, 11) is -1.02. The summed E-state index contributed by atoms with van der Waals surface area (Å²) in [5.74, 6) is -4.26. The van der Waals surface area contributed by atoms with Crippen LogP contribution in [0.4, 0.5) is 8.78 Å². The lowest BCUT2D eigenvalue weighted by atomic mass is 9.60. The molecule has 4 rings (SSSR count). The number of rotatable bonds is 7. The number of hydrogen-bond donors (Lipinski definition) is 2. The quantitative estimate of drug-likeness (QED) is 0.553. The van der Waals surface area contributed by atoms with Crippen LogP contribution in [0.5, 0.6) is 0 Å². The number of carbonyl (C=O) groups is 1. The molecule has 10 heteroatoms. The van der Waals surface area contributed by atoms with E-state index in [4.69, 9.17) is 9.47 Å². The Morgan fingerprint density at radius 2 is 1.74 bits per heavy atom. The van der Waals surface area contributed by atoms with Gasteiger partial charge in [0, 0.05) is 45.2 Å². The first kappa shape index (κ1) is 25.7. The van der Waals surface area contributed by atoms with E-state index in [0.717, 1.165) is 12.1 Å². The molecule has 0 bridgehead atoms. The maximum absolute atomic E-state index is 15.3. The molecule has 1 aliphatic carbocycles. The topological polar surface area (TPSA) is 102 Å². The molecule has 7 nitrogen and oxygen atoms in total. The average molecular weight is 510 g/mol. The lowest BCUT2D eigenvalue weighted by molar-refractivity contribution is -0.278. The fraction of sp³-hybridized carbons (Fsp3) is 0.480. The lowest BCUT2D eigenvalue weighted by Crippen LogP contribution is -2.61. The molecule has 2 fully saturated rings. The molecule has 1 unspecified atom stereocenters. The summed E-state index contributed by atoms with van der Waals surface area (Å²) >= 11 is 0. The third-order valence-corrected chi connectivity index (χ3v) is 10.2. The number of methoxy groups -OCH3 is 2. The van der Waals surface area contributed by atoms with Crippen molar-refractivity contribution in [2.45, 2.75) is 53.9 Å². The van der Waals surface area contributed by atoms with Gasteiger partial charge in [-0.05, 0) is 36.6 Å². The number of carboxylic acids is 1. The summed E-state index contributed by atoms with van der Waals surface area (Å²) < 4.78 is 68.0. The first-order valence-electron chi connectivity index (χ1n) is 11.3. The van der Waals surface area contributed by atoms with Crippen LogP contribution in [0.2, 0.25) is 0 Å². The SMILES string of the molecule is COC1(OC)CC(C(=O)O)(c2cc(F)c(CC3[C@H](C)NC[C@@H](c4ccccc4)S3(=O)=O)cc2F)C1. The number of benzene rings is 2. The molecule has 3 atom stereocenters. The fourth-order valence-corrected chi connectivity index (χ4v) is 7.69. The van der Waals surface area contributed by atoms with Gasteiger partial charge in [-0.2, -0.15) is 0 Å². The Kier molecular flexibility index (Phi) is 6.78. The van der Waals surface area contributed by atoms with Crippen molar-refractivity contribution in [1.29, 1.82) is 0 Å². The normalized spacial score (nSPS) is 26.6. The van der Waals surface area contributed by atoms with Crippen LogP contribution < -0.4 is 5.32 Å². The second-order valence-electron chi connectivity index (χ2n) is 9.41. The summed E-state index contributed by atoms with van der Waals surface area (Å²) in [6.45, 7) is 1.93. The van der Waals surface area contributed by atoms with Gasteiger partial charge in [0.25, 0.3) is 0 Å². The Bertz CT molecular complexity index is 1210. The minimum absolute atomic E-state index is 0.119. The molecule has 1 aliphatic heterocycles. The smallest absolute Gasteiger partial charge is 0.314 e. The largest absolute Gasteiger partial charge is 0.481 e. The molecule has 2 aliphatic rings. The van der Waals surface area contributed by atoms with Crippen molar-refractivity contribution in [3.63, 3.8) is 0 Å². The zero-order valence-corrected chi connectivity index (χ0v) is 20.6. The Morgan fingerprint density at radius 3 is 2.31 bits per heavy atom. The molecule has 1 saturated heterocycles. The van der Waals surface area contributed by atoms with E-state index >= 15 is 8.78 Å². The first-order valence-corrected chi connectivity index (χ1v) is 12.9. The molecule has 2 N–H and O–H groups in total. The average Bonchev–Trinajstić information content (AvgIpc) is 2.79. The maximum Gasteiger partial charge on any atom is 0.314 e. The Labute approximate surface area is 203 Å². The molecule has 2 aromatic carbocycles. The van der Waals surface area contributed by atoms with Crippen molar-refractivity contribution >= 4 is 15.8 Å². The van der Waals surface area contributed by atoms with Crippen LogP contribution in [0.25, 0.3) is 0 Å². The number of nitrogens with one attached hydrogen (secondary N) is 1. The highest BCUT2D eigenvalue weighted by atomic mass is 32.2. The van der Waals surface area contributed by atoms with Crippen LogP contribution in [0.1, 0.15) is 41.7 Å². The van der Waals surface area contributed by atoms with Crippen LogP contribution >= 0.6 is 0 Å². The molecule has 35 heavy (non-hydrogen) atoms. The molecular formula is C25H29F2NO6S. The van der Waals surface area contributed by atoms with E-state index in [1.54, 1.807) is 37.3 Å². The zero-order valence-electron chi connectivity index (χ0n) is 19.8. The van der Waals surface area contributed by atoms with Crippen LogP contribution in [-0.4, -0.2) is 57.3 Å². The molecular weight excluding hydrogens is 480 g/mol. The number of ether oxygens (including phenoxy) is 2. The van der Waals surface area contributed by atoms with Crippen LogP contribution in [0.15, 0.2) is 42.5 Å². The molecule has 1 saturated carbocycles. The van der Waals surface area contributed by atoms with Crippen molar-refractivity contribution < 1.29 is 36.6 Å². The summed E-state index contributed by atoms with van der Waals surface area (Å²) in [6, 6.07) is 10.1. The fourth-order valence-electron chi connectivity index (χ4n) is 5.33. The highest BCUT2D eigenvalue weighted by Gasteiger charge is 2.62. The van der Waals surface area contributed by atoms with E-state index in [1.807, 2.05) is 0 Å². The van der Waals surface area contributed by atoms with E-state index in [9.17, 15) is 18.3 Å². The van der Waals surface area contributed by atoms with Crippen LogP contribution in [0, 0.1) is 11.6 Å². The van der Waals surface area contributed by atoms with Gasteiger partial charge < -0.3 is 19.9 Å². The van der Waals surface area contributed by atoms with Crippen molar-refractivity contribution in [2.24, 2.45) is 0 Å². The summed E-state index contributed by atoms with van der Waals surface area (Å²) in [5, 5.41) is 11.2. The van der Waals surface area contributed by atoms with E-state index < -0.39 is 55.2 Å². The molecule has 0 spiro atoms. The van der Waals surface area contributed by atoms with E-state index in [1.165, 1.54) is 14.2 Å². The van der Waals surface area contributed by atoms with E-state index in [2.05, 4.69) is 5.32 Å². The number of aliphatic carboxylic acids is 1. The van der Waals surface area contributed by atoms with Gasteiger partial charge in [0.2, 0.25) is 0 Å². The van der Waals surface area contributed by atoms with Gasteiger partial charge in [0.15, 0.2) is 15.6 Å². The molecule has 0 amide bonds. The third-order valence-electron chi connectivity index (χ3n) is 7.54. The summed E-state index contributed by atoms with van der Waals surface area (Å²) in [6.07, 6.45) is -0.619. The number of sulfone groups is 1. The molecule has 2 aromatic rings. The predicted octanol–water partition coefficient (Wildman–Crippen LogP) is 3.13. The zero-order chi connectivity index (χ0) is 25.6. The van der Waals surface area contributed by atoms with Crippen molar-refractivity contribution in [1.82, 2.24) is 5.32 Å². The number of carboxylic acid groups (broad SMARTS) is 1. The highest BCUT2D eigenvalue weighted by molar-refractivity contribution is 7.92. The van der Waals surface area contributed by atoms with E-state index in [-0.39, 0.29) is 36.9 Å². The minimum atomic E-state index is -3.74. The summed E-state index contributed by atoms with van der Waals surface area (Å²) in [4.78, 5) is 12.1. The Balaban J connectivity index is 1.66. The van der Waals surface area contributed by atoms with Gasteiger partial charge in [-0.1, -0.05) is 30.3 Å². The van der Waals surface area contributed by atoms with Gasteiger partial charge in [0.1, 0.15) is 17.0 Å². The van der Waals surface area contributed by atoms with Crippen molar-refractivity contribution in [2.75, 3.05) is 20.8 Å². The molecule has 0 aromatic heterocycles. The summed E-state index contributed by atoms with van der Waals surface area (Å²) in [5.41, 5.74) is -1.51. The highest BCUT2D eigenvalue weighted by Crippen LogP contribution is 2.53. The lowest BCUT2D eigenvalue weighted by Gasteiger charge is -2.51. The minimum Gasteiger partial charge on any atom is -0.481 e. The third kappa shape index (κ3) is 4.26. The van der Waals surface area contributed by atoms with Crippen molar-refractivity contribution in [3.05, 3.63) is 70.8 Å². The molecule has 0 radical (unpaired) electrons. The first-order chi connectivity index (χ1) is 16.5. The maximum atomic E-state index is 15.3. The number of hydrogen-bond acceptors (Lipinski definition) is 6. The van der Waals surface area contributed by atoms with Crippen LogP contribution in [0.3, 0.4) is 0 Å².